The van der Waals surface area contributed by atoms with Crippen molar-refractivity contribution in [3.63, 3.8) is 0 Å². The van der Waals surface area contributed by atoms with Crippen molar-refractivity contribution < 1.29 is 9.53 Å². The molecule has 0 spiro atoms. The second-order valence-electron chi connectivity index (χ2n) is 7.43. The van der Waals surface area contributed by atoms with Gasteiger partial charge in [-0.15, -0.1) is 0 Å². The van der Waals surface area contributed by atoms with Gasteiger partial charge in [-0.25, -0.2) is 0 Å². The molecule has 1 aromatic heterocycles. The number of aliphatic imine (C=N–C) groups is 1. The van der Waals surface area contributed by atoms with Crippen molar-refractivity contribution in [3.8, 4) is 5.75 Å². The molecule has 7 heteroatoms. The van der Waals surface area contributed by atoms with Crippen LogP contribution in [0.1, 0.15) is 24.2 Å². The van der Waals surface area contributed by atoms with Gasteiger partial charge in [-0.05, 0) is 44.2 Å². The van der Waals surface area contributed by atoms with Crippen molar-refractivity contribution >= 4 is 39.4 Å². The summed E-state index contributed by atoms with van der Waals surface area (Å²) >= 11 is 1.53. The number of aromatic nitrogens is 1. The summed E-state index contributed by atoms with van der Waals surface area (Å²) in [6.45, 7) is 4.07. The van der Waals surface area contributed by atoms with Crippen LogP contribution in [0, 0.1) is 0 Å². The largest absolute Gasteiger partial charge is 0.497 e. The van der Waals surface area contributed by atoms with Gasteiger partial charge in [-0.1, -0.05) is 30.0 Å². The lowest BCUT2D eigenvalue weighted by molar-refractivity contribution is 0.100. The number of ether oxygens (including phenoxy) is 1. The van der Waals surface area contributed by atoms with Crippen molar-refractivity contribution in [1.82, 2.24) is 4.98 Å². The summed E-state index contributed by atoms with van der Waals surface area (Å²) in [7, 11) is 1.60. The first-order valence-electron chi connectivity index (χ1n) is 9.21. The number of thioether (sulfide) groups is 1. The van der Waals surface area contributed by atoms with Crippen LogP contribution < -0.4 is 15.2 Å². The molecular formula is C22H21N3O3S. The summed E-state index contributed by atoms with van der Waals surface area (Å²) < 4.78 is 5.24. The Morgan fingerprint density at radius 3 is 2.55 bits per heavy atom. The number of carbonyl (C=O) groups excluding carboxylic acids is 1. The fourth-order valence-electron chi connectivity index (χ4n) is 3.23. The van der Waals surface area contributed by atoms with E-state index in [-0.39, 0.29) is 17.0 Å². The average Bonchev–Trinajstić information content (AvgIpc) is 3.07. The van der Waals surface area contributed by atoms with Gasteiger partial charge in [0.1, 0.15) is 5.75 Å². The summed E-state index contributed by atoms with van der Waals surface area (Å²) in [5.41, 5.74) is 1.06. The number of hydrogen-bond acceptors (Lipinski definition) is 5. The number of para-hydroxylation sites is 1. The molecule has 0 aliphatic carbocycles. The molecule has 1 amide bonds. The highest BCUT2D eigenvalue weighted by Gasteiger charge is 2.33. The molecule has 0 saturated carbocycles. The van der Waals surface area contributed by atoms with E-state index >= 15 is 0 Å². The van der Waals surface area contributed by atoms with E-state index in [0.717, 1.165) is 5.75 Å². The van der Waals surface area contributed by atoms with Crippen molar-refractivity contribution in [2.24, 2.45) is 4.99 Å². The number of pyridine rings is 1. The van der Waals surface area contributed by atoms with Gasteiger partial charge in [0, 0.05) is 22.7 Å². The lowest BCUT2D eigenvalue weighted by atomic mass is 10.1. The van der Waals surface area contributed by atoms with Crippen LogP contribution in [0.5, 0.6) is 5.75 Å². The van der Waals surface area contributed by atoms with Crippen LogP contribution in [-0.4, -0.2) is 34.5 Å². The summed E-state index contributed by atoms with van der Waals surface area (Å²) in [5, 5.41) is 1.31. The molecule has 1 N–H and O–H groups in total. The zero-order chi connectivity index (χ0) is 20.6. The van der Waals surface area contributed by atoms with Gasteiger partial charge >= 0.3 is 0 Å². The van der Waals surface area contributed by atoms with Crippen LogP contribution in [0.3, 0.4) is 0 Å². The molecular weight excluding hydrogens is 386 g/mol. The molecule has 6 nitrogen and oxygen atoms in total. The number of fused-ring (bicyclic) bond motifs is 1. The fourth-order valence-corrected chi connectivity index (χ4v) is 4.40. The summed E-state index contributed by atoms with van der Waals surface area (Å²) in [5.74, 6) is 1.18. The maximum atomic E-state index is 13.7. The third kappa shape index (κ3) is 3.78. The molecule has 3 aromatic rings. The fraction of sp³-hybridized carbons (Fsp3) is 0.227. The maximum Gasteiger partial charge on any atom is 0.265 e. The predicted molar refractivity (Wildman–Crippen MR) is 118 cm³/mol. The molecule has 0 saturated heterocycles. The van der Waals surface area contributed by atoms with Gasteiger partial charge in [-0.3, -0.25) is 19.5 Å². The van der Waals surface area contributed by atoms with Crippen LogP contribution in [0.2, 0.25) is 0 Å². The molecule has 2 aromatic carbocycles. The molecule has 0 fully saturated rings. The highest BCUT2D eigenvalue weighted by atomic mass is 32.2. The number of methoxy groups -OCH3 is 1. The normalized spacial score (nSPS) is 15.2. The number of carbonyl (C=O) groups is 1. The van der Waals surface area contributed by atoms with Crippen LogP contribution in [-0.2, 0) is 0 Å². The highest BCUT2D eigenvalue weighted by molar-refractivity contribution is 8.14. The average molecular weight is 407 g/mol. The minimum atomic E-state index is -0.317. The Labute approximate surface area is 172 Å². The van der Waals surface area contributed by atoms with E-state index in [1.807, 2.05) is 44.2 Å². The lowest BCUT2D eigenvalue weighted by Crippen LogP contribution is -2.35. The molecule has 148 valence electrons. The number of rotatable bonds is 3. The number of amides is 1. The van der Waals surface area contributed by atoms with Crippen LogP contribution in [0.15, 0.2) is 64.4 Å². The predicted octanol–water partition coefficient (Wildman–Crippen LogP) is 4.06. The van der Waals surface area contributed by atoms with Gasteiger partial charge in [0.25, 0.3) is 5.91 Å². The zero-order valence-corrected chi connectivity index (χ0v) is 17.2. The molecule has 1 aliphatic heterocycles. The second-order valence-corrected chi connectivity index (χ2v) is 8.37. The molecule has 2 heterocycles. The number of nitrogens with one attached hydrogen (secondary N) is 1. The van der Waals surface area contributed by atoms with E-state index in [1.54, 1.807) is 30.2 Å². The van der Waals surface area contributed by atoms with E-state index in [0.29, 0.717) is 33.1 Å². The van der Waals surface area contributed by atoms with Crippen molar-refractivity contribution in [1.29, 1.82) is 0 Å². The number of nitrogens with zero attached hydrogens (tertiary/aromatic N) is 2. The van der Waals surface area contributed by atoms with Crippen LogP contribution in [0.25, 0.3) is 10.9 Å². The maximum absolute atomic E-state index is 13.7. The Bertz CT molecular complexity index is 1170. The van der Waals surface area contributed by atoms with E-state index in [1.165, 1.54) is 17.8 Å². The molecule has 29 heavy (non-hydrogen) atoms. The highest BCUT2D eigenvalue weighted by Crippen LogP contribution is 2.33. The Hall–Kier alpha value is -3.06. The summed E-state index contributed by atoms with van der Waals surface area (Å²) in [6, 6.07) is 15.9. The zero-order valence-electron chi connectivity index (χ0n) is 16.4. The second kappa shape index (κ2) is 7.40. The lowest BCUT2D eigenvalue weighted by Gasteiger charge is -2.23. The number of hydrogen-bond donors (Lipinski definition) is 1. The van der Waals surface area contributed by atoms with Gasteiger partial charge in [-0.2, -0.15) is 0 Å². The quantitative estimate of drug-likeness (QED) is 0.710. The summed E-state index contributed by atoms with van der Waals surface area (Å²) in [6.07, 6.45) is 0. The van der Waals surface area contributed by atoms with Gasteiger partial charge in [0.15, 0.2) is 5.17 Å². The Morgan fingerprint density at radius 2 is 1.90 bits per heavy atom. The van der Waals surface area contributed by atoms with Crippen molar-refractivity contribution in [2.45, 2.75) is 19.4 Å². The molecule has 4 rings (SSSR count). The minimum absolute atomic E-state index is 0.263. The van der Waals surface area contributed by atoms with E-state index in [4.69, 9.17) is 9.73 Å². The van der Waals surface area contributed by atoms with Crippen LogP contribution >= 0.6 is 11.8 Å². The van der Waals surface area contributed by atoms with Gasteiger partial charge in [0.05, 0.1) is 23.9 Å². The van der Waals surface area contributed by atoms with Gasteiger partial charge < -0.3 is 9.72 Å². The van der Waals surface area contributed by atoms with E-state index < -0.39 is 0 Å². The molecule has 0 unspecified atom stereocenters. The first kappa shape index (κ1) is 19.3. The third-order valence-corrected chi connectivity index (χ3v) is 6.04. The van der Waals surface area contributed by atoms with E-state index in [9.17, 15) is 9.59 Å². The van der Waals surface area contributed by atoms with Gasteiger partial charge in [0.2, 0.25) is 5.56 Å². The first-order valence-corrected chi connectivity index (χ1v) is 10.2. The smallest absolute Gasteiger partial charge is 0.265 e. The standard InChI is InChI=1S/C22H21N3O3S/c1-22(2)13-29-21(24-22)25(14-8-10-15(28-3)11-9-14)20(27)17-12-19(26)23-18-7-5-4-6-16(17)18/h4-12H,13H2,1-3H3,(H,23,26). The monoisotopic (exact) mass is 407 g/mol. The Balaban J connectivity index is 1.87. The number of H-pyrrole nitrogens is 1. The number of anilines is 1. The van der Waals surface area contributed by atoms with Crippen LogP contribution in [0.4, 0.5) is 5.69 Å². The Morgan fingerprint density at radius 1 is 1.17 bits per heavy atom. The molecule has 0 bridgehead atoms. The first-order chi connectivity index (χ1) is 13.9. The van der Waals surface area contributed by atoms with Crippen molar-refractivity contribution in [2.75, 3.05) is 17.8 Å². The molecule has 0 atom stereocenters. The third-order valence-electron chi connectivity index (χ3n) is 4.66. The molecule has 0 radical (unpaired) electrons. The minimum Gasteiger partial charge on any atom is -0.497 e. The number of amidine groups is 1. The topological polar surface area (TPSA) is 74.8 Å². The SMILES string of the molecule is COc1ccc(N(C(=O)c2cc(=O)[nH]c3ccccc23)C2=NC(C)(C)CS2)cc1. The number of aromatic amines is 1. The van der Waals surface area contributed by atoms with Crippen molar-refractivity contribution in [3.05, 3.63) is 70.5 Å². The molecule has 1 aliphatic rings. The Kier molecular flexibility index (Phi) is 4.92. The van der Waals surface area contributed by atoms with E-state index in [2.05, 4.69) is 4.98 Å². The number of benzene rings is 2. The summed E-state index contributed by atoms with van der Waals surface area (Å²) in [4.78, 5) is 35.0.